The molecule has 0 spiro atoms. The van der Waals surface area contributed by atoms with Gasteiger partial charge >= 0.3 is 6.09 Å². The molecule has 162 valence electrons. The summed E-state index contributed by atoms with van der Waals surface area (Å²) >= 11 is 0. The van der Waals surface area contributed by atoms with E-state index in [0.29, 0.717) is 18.4 Å². The quantitative estimate of drug-likeness (QED) is 0.629. The van der Waals surface area contributed by atoms with Crippen molar-refractivity contribution in [2.24, 2.45) is 11.8 Å². The molecule has 1 unspecified atom stereocenters. The Balaban J connectivity index is 1.61. The van der Waals surface area contributed by atoms with E-state index in [2.05, 4.69) is 24.5 Å². The van der Waals surface area contributed by atoms with Crippen molar-refractivity contribution in [2.45, 2.75) is 45.4 Å². The molecule has 5 heteroatoms. The zero-order valence-corrected chi connectivity index (χ0v) is 18.1. The van der Waals surface area contributed by atoms with E-state index in [1.165, 1.54) is 0 Å². The zero-order chi connectivity index (χ0) is 21.2. The first-order valence-corrected chi connectivity index (χ1v) is 11.0. The Labute approximate surface area is 180 Å². The monoisotopic (exact) mass is 410 g/mol. The fraction of sp³-hybridized carbons (Fsp3) is 0.480. The van der Waals surface area contributed by atoms with E-state index in [0.717, 1.165) is 37.1 Å². The third kappa shape index (κ3) is 6.85. The molecule has 1 saturated heterocycles. The molecule has 2 N–H and O–H groups in total. The summed E-state index contributed by atoms with van der Waals surface area (Å²) < 4.78 is 11.9. The number of piperidine rings is 1. The lowest BCUT2D eigenvalue weighted by Crippen LogP contribution is -2.40. The molecule has 1 fully saturated rings. The highest BCUT2D eigenvalue weighted by atomic mass is 16.5. The first-order chi connectivity index (χ1) is 14.6. The van der Waals surface area contributed by atoms with Gasteiger partial charge in [0.15, 0.2) is 0 Å². The third-order valence-electron chi connectivity index (χ3n) is 5.67. The van der Waals surface area contributed by atoms with Crippen LogP contribution in [-0.4, -0.2) is 31.9 Å². The summed E-state index contributed by atoms with van der Waals surface area (Å²) in [7, 11) is 0. The van der Waals surface area contributed by atoms with Crippen molar-refractivity contribution in [3.8, 4) is 0 Å². The van der Waals surface area contributed by atoms with Crippen molar-refractivity contribution in [2.75, 3.05) is 19.7 Å². The zero-order valence-electron chi connectivity index (χ0n) is 18.1. The Kier molecular flexibility index (Phi) is 8.72. The Morgan fingerprint density at radius 1 is 1.03 bits per heavy atom. The fourth-order valence-electron chi connectivity index (χ4n) is 4.07. The summed E-state index contributed by atoms with van der Waals surface area (Å²) in [6.07, 6.45) is 2.01. The van der Waals surface area contributed by atoms with E-state index in [4.69, 9.17) is 9.47 Å². The van der Waals surface area contributed by atoms with Gasteiger partial charge in [-0.1, -0.05) is 74.5 Å². The molecule has 1 amide bonds. The van der Waals surface area contributed by atoms with Crippen LogP contribution < -0.4 is 10.6 Å². The predicted octanol–water partition coefficient (Wildman–Crippen LogP) is 4.69. The number of carbonyl (C=O) groups excluding carboxylic acids is 1. The normalized spacial score (nSPS) is 16.8. The minimum Gasteiger partial charge on any atom is -0.445 e. The second-order valence-corrected chi connectivity index (χ2v) is 8.30. The predicted molar refractivity (Wildman–Crippen MR) is 119 cm³/mol. The number of amides is 1. The van der Waals surface area contributed by atoms with Gasteiger partial charge < -0.3 is 20.1 Å². The Morgan fingerprint density at radius 3 is 2.30 bits per heavy atom. The smallest absolute Gasteiger partial charge is 0.408 e. The van der Waals surface area contributed by atoms with Gasteiger partial charge in [-0.05, 0) is 48.9 Å². The molecule has 3 rings (SSSR count). The van der Waals surface area contributed by atoms with Crippen LogP contribution in [0, 0.1) is 11.8 Å². The molecule has 5 nitrogen and oxygen atoms in total. The van der Waals surface area contributed by atoms with E-state index in [1.54, 1.807) is 0 Å². The summed E-state index contributed by atoms with van der Waals surface area (Å²) in [6, 6.07) is 19.4. The Hall–Kier alpha value is -2.37. The number of nitrogens with one attached hydrogen (secondary N) is 2. The van der Waals surface area contributed by atoms with Crippen LogP contribution >= 0.6 is 0 Å². The fourth-order valence-corrected chi connectivity index (χ4v) is 4.07. The lowest BCUT2D eigenvalue weighted by Gasteiger charge is -2.34. The molecule has 0 bridgehead atoms. The molecule has 1 aliphatic heterocycles. The summed E-state index contributed by atoms with van der Waals surface area (Å²) in [5.74, 6) is 0.974. The molecule has 1 aliphatic rings. The highest BCUT2D eigenvalue weighted by Crippen LogP contribution is 2.26. The SMILES string of the molecule is CC(C)C(OC[C@H](NC(=O)OCc1ccccc1)c1ccccc1)C1CCNCC1. The molecule has 0 aromatic heterocycles. The number of alkyl carbamates (subject to hydrolysis) is 1. The number of hydrogen-bond acceptors (Lipinski definition) is 4. The van der Waals surface area contributed by atoms with Gasteiger partial charge in [0.2, 0.25) is 0 Å². The van der Waals surface area contributed by atoms with Crippen LogP contribution in [-0.2, 0) is 16.1 Å². The maximum absolute atomic E-state index is 12.5. The highest BCUT2D eigenvalue weighted by molar-refractivity contribution is 5.68. The average Bonchev–Trinajstić information content (AvgIpc) is 2.79. The summed E-state index contributed by atoms with van der Waals surface area (Å²) in [4.78, 5) is 12.5. The van der Waals surface area contributed by atoms with Crippen LogP contribution in [0.15, 0.2) is 60.7 Å². The number of rotatable bonds is 9. The van der Waals surface area contributed by atoms with Crippen molar-refractivity contribution >= 4 is 6.09 Å². The molecule has 0 aliphatic carbocycles. The first kappa shape index (κ1) is 22.3. The summed E-state index contributed by atoms with van der Waals surface area (Å²) in [5, 5.41) is 6.43. The molecule has 30 heavy (non-hydrogen) atoms. The molecular weight excluding hydrogens is 376 g/mol. The third-order valence-corrected chi connectivity index (χ3v) is 5.67. The van der Waals surface area contributed by atoms with E-state index < -0.39 is 6.09 Å². The topological polar surface area (TPSA) is 59.6 Å². The van der Waals surface area contributed by atoms with Crippen LogP contribution in [0.1, 0.15) is 43.9 Å². The maximum atomic E-state index is 12.5. The van der Waals surface area contributed by atoms with Crippen LogP contribution in [0.3, 0.4) is 0 Å². The molecule has 2 aromatic carbocycles. The van der Waals surface area contributed by atoms with Gasteiger partial charge in [-0.25, -0.2) is 4.79 Å². The van der Waals surface area contributed by atoms with Crippen LogP contribution in [0.2, 0.25) is 0 Å². The second kappa shape index (κ2) is 11.7. The summed E-state index contributed by atoms with van der Waals surface area (Å²) in [6.45, 7) is 7.19. The Morgan fingerprint density at radius 2 is 1.67 bits per heavy atom. The van der Waals surface area contributed by atoms with Crippen LogP contribution in [0.5, 0.6) is 0 Å². The van der Waals surface area contributed by atoms with Gasteiger partial charge in [0.05, 0.1) is 18.8 Å². The number of hydrogen-bond donors (Lipinski definition) is 2. The van der Waals surface area contributed by atoms with Gasteiger partial charge in [0.25, 0.3) is 0 Å². The van der Waals surface area contributed by atoms with Crippen molar-refractivity contribution in [3.63, 3.8) is 0 Å². The molecule has 2 aromatic rings. The molecule has 1 heterocycles. The van der Waals surface area contributed by atoms with E-state index >= 15 is 0 Å². The van der Waals surface area contributed by atoms with Crippen molar-refractivity contribution in [1.82, 2.24) is 10.6 Å². The number of carbonyl (C=O) groups is 1. The van der Waals surface area contributed by atoms with Crippen molar-refractivity contribution in [3.05, 3.63) is 71.8 Å². The lowest BCUT2D eigenvalue weighted by atomic mass is 9.86. The number of benzene rings is 2. The van der Waals surface area contributed by atoms with Gasteiger partial charge in [-0.15, -0.1) is 0 Å². The maximum Gasteiger partial charge on any atom is 0.408 e. The minimum atomic E-state index is -0.431. The minimum absolute atomic E-state index is 0.181. The van der Waals surface area contributed by atoms with Crippen molar-refractivity contribution < 1.29 is 14.3 Å². The van der Waals surface area contributed by atoms with Gasteiger partial charge in [0, 0.05) is 0 Å². The largest absolute Gasteiger partial charge is 0.445 e. The standard InChI is InChI=1S/C25H34N2O3/c1-19(2)24(22-13-15-26-16-14-22)29-18-23(21-11-7-4-8-12-21)27-25(28)30-17-20-9-5-3-6-10-20/h3-12,19,22-24,26H,13-18H2,1-2H3,(H,27,28)/t23-,24?/m0/s1. The average molecular weight is 411 g/mol. The number of ether oxygens (including phenoxy) is 2. The molecule has 0 radical (unpaired) electrons. The molecular formula is C25H34N2O3. The van der Waals surface area contributed by atoms with Gasteiger partial charge in [0.1, 0.15) is 6.61 Å². The van der Waals surface area contributed by atoms with Gasteiger partial charge in [-0.2, -0.15) is 0 Å². The Bertz CT molecular complexity index is 746. The van der Waals surface area contributed by atoms with E-state index in [1.807, 2.05) is 60.7 Å². The molecule has 2 atom stereocenters. The second-order valence-electron chi connectivity index (χ2n) is 8.30. The summed E-state index contributed by atoms with van der Waals surface area (Å²) in [5.41, 5.74) is 1.98. The van der Waals surface area contributed by atoms with Crippen LogP contribution in [0.4, 0.5) is 4.79 Å². The van der Waals surface area contributed by atoms with E-state index in [9.17, 15) is 4.79 Å². The van der Waals surface area contributed by atoms with E-state index in [-0.39, 0.29) is 18.8 Å². The highest BCUT2D eigenvalue weighted by Gasteiger charge is 2.28. The van der Waals surface area contributed by atoms with Crippen molar-refractivity contribution in [1.29, 1.82) is 0 Å². The lowest BCUT2D eigenvalue weighted by molar-refractivity contribution is -0.0352. The van der Waals surface area contributed by atoms with Gasteiger partial charge in [-0.3, -0.25) is 0 Å². The first-order valence-electron chi connectivity index (χ1n) is 11.0. The molecule has 0 saturated carbocycles. The van der Waals surface area contributed by atoms with Crippen LogP contribution in [0.25, 0.3) is 0 Å².